The highest BCUT2D eigenvalue weighted by atomic mass is 16.3. The van der Waals surface area contributed by atoms with Crippen molar-refractivity contribution in [1.29, 1.82) is 0 Å². The molecular weight excluding hydrogens is 252 g/mol. The Morgan fingerprint density at radius 2 is 2.35 bits per heavy atom. The molecule has 3 heterocycles. The van der Waals surface area contributed by atoms with Crippen LogP contribution in [-0.2, 0) is 6.42 Å². The summed E-state index contributed by atoms with van der Waals surface area (Å²) in [6, 6.07) is 6.08. The summed E-state index contributed by atoms with van der Waals surface area (Å²) in [5, 5.41) is 10.8. The summed E-state index contributed by atoms with van der Waals surface area (Å²) in [5.74, 6) is 0. The van der Waals surface area contributed by atoms with Gasteiger partial charge in [-0.2, -0.15) is 5.10 Å². The largest absolute Gasteiger partial charge is 0.472 e. The molecule has 0 spiro atoms. The summed E-state index contributed by atoms with van der Waals surface area (Å²) in [4.78, 5) is 4.38. The van der Waals surface area contributed by atoms with Gasteiger partial charge in [-0.3, -0.25) is 10.1 Å². The molecule has 0 radical (unpaired) electrons. The van der Waals surface area contributed by atoms with Gasteiger partial charge >= 0.3 is 0 Å². The van der Waals surface area contributed by atoms with E-state index in [2.05, 4.69) is 27.4 Å². The lowest BCUT2D eigenvalue weighted by Gasteiger charge is -2.11. The maximum absolute atomic E-state index is 5.06. The lowest BCUT2D eigenvalue weighted by molar-refractivity contribution is 0.542. The van der Waals surface area contributed by atoms with Crippen LogP contribution in [0.2, 0.25) is 0 Å². The fraction of sp³-hybridized carbons (Fsp3) is 0.333. The van der Waals surface area contributed by atoms with Crippen molar-refractivity contribution in [1.82, 2.24) is 20.5 Å². The highest BCUT2D eigenvalue weighted by Gasteiger charge is 2.12. The van der Waals surface area contributed by atoms with Gasteiger partial charge in [0.05, 0.1) is 18.2 Å². The van der Waals surface area contributed by atoms with Crippen molar-refractivity contribution in [2.75, 3.05) is 6.54 Å². The van der Waals surface area contributed by atoms with E-state index in [-0.39, 0.29) is 6.04 Å². The fourth-order valence-corrected chi connectivity index (χ4v) is 2.32. The number of furan rings is 1. The van der Waals surface area contributed by atoms with Crippen molar-refractivity contribution < 1.29 is 4.42 Å². The van der Waals surface area contributed by atoms with Crippen LogP contribution in [0.25, 0.3) is 11.0 Å². The third-order valence-electron chi connectivity index (χ3n) is 3.44. The van der Waals surface area contributed by atoms with Crippen LogP contribution in [-0.4, -0.2) is 21.7 Å². The Hall–Kier alpha value is -2.14. The third-order valence-corrected chi connectivity index (χ3v) is 3.44. The maximum Gasteiger partial charge on any atom is 0.113 e. The second-order valence-electron chi connectivity index (χ2n) is 4.92. The van der Waals surface area contributed by atoms with Crippen molar-refractivity contribution in [2.24, 2.45) is 0 Å². The predicted octanol–water partition coefficient (Wildman–Crippen LogP) is 2.83. The highest BCUT2D eigenvalue weighted by Crippen LogP contribution is 2.18. The molecule has 0 aromatic carbocycles. The van der Waals surface area contributed by atoms with Gasteiger partial charge in [-0.1, -0.05) is 0 Å². The number of rotatable bonds is 6. The SMILES string of the molecule is CC(NCCCc1ccoc1)c1[nH]nc2cccnc12. The van der Waals surface area contributed by atoms with Crippen LogP contribution >= 0.6 is 0 Å². The topological polar surface area (TPSA) is 66.7 Å². The number of H-pyrrole nitrogens is 1. The van der Waals surface area contributed by atoms with Crippen molar-refractivity contribution in [3.8, 4) is 0 Å². The first kappa shape index (κ1) is 12.9. The van der Waals surface area contributed by atoms with E-state index < -0.39 is 0 Å². The molecule has 0 amide bonds. The Morgan fingerprint density at radius 1 is 1.40 bits per heavy atom. The summed E-state index contributed by atoms with van der Waals surface area (Å²) in [5.41, 5.74) is 4.15. The quantitative estimate of drug-likeness (QED) is 0.676. The first-order valence-electron chi connectivity index (χ1n) is 6.88. The van der Waals surface area contributed by atoms with E-state index in [1.165, 1.54) is 5.56 Å². The molecule has 0 aliphatic carbocycles. The lowest BCUT2D eigenvalue weighted by Crippen LogP contribution is -2.20. The molecule has 0 aliphatic rings. The van der Waals surface area contributed by atoms with Crippen LogP contribution < -0.4 is 5.32 Å². The average Bonchev–Trinajstić information content (AvgIpc) is 3.12. The molecule has 5 nitrogen and oxygen atoms in total. The molecule has 3 aromatic heterocycles. The van der Waals surface area contributed by atoms with Crippen LogP contribution in [0.15, 0.2) is 41.3 Å². The van der Waals surface area contributed by atoms with E-state index in [0.717, 1.165) is 36.1 Å². The average molecular weight is 270 g/mol. The first-order valence-corrected chi connectivity index (χ1v) is 6.88. The number of fused-ring (bicyclic) bond motifs is 1. The van der Waals surface area contributed by atoms with Crippen LogP contribution in [0.5, 0.6) is 0 Å². The molecule has 3 aromatic rings. The van der Waals surface area contributed by atoms with Crippen LogP contribution in [0.1, 0.15) is 30.6 Å². The second kappa shape index (κ2) is 5.88. The lowest BCUT2D eigenvalue weighted by atomic mass is 10.1. The summed E-state index contributed by atoms with van der Waals surface area (Å²) < 4.78 is 5.06. The van der Waals surface area contributed by atoms with Gasteiger partial charge in [0.1, 0.15) is 11.0 Å². The standard InChI is InChI=1S/C15H18N4O/c1-11(16-7-2-4-12-6-9-20-10-12)14-15-13(18-19-14)5-3-8-17-15/h3,5-6,8-11,16H,2,4,7H2,1H3,(H,18,19). The Morgan fingerprint density at radius 3 is 3.20 bits per heavy atom. The number of nitrogens with zero attached hydrogens (tertiary/aromatic N) is 2. The Kier molecular flexibility index (Phi) is 3.78. The Bertz CT molecular complexity index is 659. The van der Waals surface area contributed by atoms with Crippen molar-refractivity contribution in [3.63, 3.8) is 0 Å². The Balaban J connectivity index is 1.55. The summed E-state index contributed by atoms with van der Waals surface area (Å²) in [7, 11) is 0. The van der Waals surface area contributed by atoms with Gasteiger partial charge in [-0.25, -0.2) is 0 Å². The number of aromatic nitrogens is 3. The molecule has 20 heavy (non-hydrogen) atoms. The van der Waals surface area contributed by atoms with Gasteiger partial charge in [0.2, 0.25) is 0 Å². The molecule has 0 saturated carbocycles. The minimum absolute atomic E-state index is 0.208. The number of nitrogens with one attached hydrogen (secondary N) is 2. The number of aryl methyl sites for hydroxylation is 1. The highest BCUT2D eigenvalue weighted by molar-refractivity contribution is 5.76. The monoisotopic (exact) mass is 270 g/mol. The van der Waals surface area contributed by atoms with Crippen LogP contribution in [0.3, 0.4) is 0 Å². The molecule has 0 saturated heterocycles. The molecule has 5 heteroatoms. The first-order chi connectivity index (χ1) is 9.84. The van der Waals surface area contributed by atoms with Gasteiger partial charge in [0, 0.05) is 12.2 Å². The van der Waals surface area contributed by atoms with E-state index >= 15 is 0 Å². The molecule has 0 fully saturated rings. The zero-order valence-electron chi connectivity index (χ0n) is 11.5. The maximum atomic E-state index is 5.06. The zero-order valence-corrected chi connectivity index (χ0v) is 11.5. The Labute approximate surface area is 117 Å². The zero-order chi connectivity index (χ0) is 13.8. The van der Waals surface area contributed by atoms with Crippen LogP contribution in [0.4, 0.5) is 0 Å². The minimum Gasteiger partial charge on any atom is -0.472 e. The van der Waals surface area contributed by atoms with E-state index in [4.69, 9.17) is 4.42 Å². The smallest absolute Gasteiger partial charge is 0.113 e. The number of aromatic amines is 1. The predicted molar refractivity (Wildman–Crippen MR) is 77.3 cm³/mol. The summed E-state index contributed by atoms with van der Waals surface area (Å²) in [6.45, 7) is 3.07. The second-order valence-corrected chi connectivity index (χ2v) is 4.92. The molecule has 0 aliphatic heterocycles. The van der Waals surface area contributed by atoms with Gasteiger partial charge in [0.15, 0.2) is 0 Å². The fourth-order valence-electron chi connectivity index (χ4n) is 2.32. The number of hydrogen-bond acceptors (Lipinski definition) is 4. The molecule has 0 bridgehead atoms. The van der Waals surface area contributed by atoms with E-state index in [1.54, 1.807) is 18.7 Å². The molecule has 1 atom stereocenters. The van der Waals surface area contributed by atoms with Gasteiger partial charge in [0.25, 0.3) is 0 Å². The normalized spacial score (nSPS) is 12.8. The van der Waals surface area contributed by atoms with Crippen molar-refractivity contribution in [2.45, 2.75) is 25.8 Å². The molecule has 104 valence electrons. The summed E-state index contributed by atoms with van der Waals surface area (Å²) >= 11 is 0. The minimum atomic E-state index is 0.208. The molecule has 3 rings (SSSR count). The number of hydrogen-bond donors (Lipinski definition) is 2. The molecule has 1 unspecified atom stereocenters. The number of pyridine rings is 1. The van der Waals surface area contributed by atoms with Crippen molar-refractivity contribution in [3.05, 3.63) is 48.2 Å². The van der Waals surface area contributed by atoms with Gasteiger partial charge in [-0.05, 0) is 50.1 Å². The van der Waals surface area contributed by atoms with Crippen LogP contribution in [0, 0.1) is 0 Å². The summed E-state index contributed by atoms with van der Waals surface area (Å²) in [6.07, 6.45) is 7.41. The van der Waals surface area contributed by atoms with Gasteiger partial charge < -0.3 is 9.73 Å². The molecular formula is C15H18N4O. The van der Waals surface area contributed by atoms with E-state index in [1.807, 2.05) is 18.2 Å². The molecule has 2 N–H and O–H groups in total. The van der Waals surface area contributed by atoms with Gasteiger partial charge in [-0.15, -0.1) is 0 Å². The van der Waals surface area contributed by atoms with Crippen molar-refractivity contribution >= 4 is 11.0 Å². The van der Waals surface area contributed by atoms with E-state index in [9.17, 15) is 0 Å². The third kappa shape index (κ3) is 2.72. The van der Waals surface area contributed by atoms with E-state index in [0.29, 0.717) is 0 Å².